The molecule has 0 fully saturated rings. The van der Waals surface area contributed by atoms with Crippen LogP contribution in [-0.2, 0) is 19.3 Å². The first-order valence-corrected chi connectivity index (χ1v) is 7.50. The van der Waals surface area contributed by atoms with Crippen molar-refractivity contribution in [3.63, 3.8) is 0 Å². The molecule has 21 heavy (non-hydrogen) atoms. The average molecular weight is 278 g/mol. The van der Waals surface area contributed by atoms with Crippen molar-refractivity contribution >= 4 is 0 Å². The molecule has 2 aromatic rings. The normalized spacial score (nSPS) is 12.8. The Morgan fingerprint density at radius 2 is 2.05 bits per heavy atom. The molecule has 0 saturated carbocycles. The molecule has 1 aromatic heterocycles. The standard InChI is InChI=1S/C18H18N2O/c1-2-4-13-7-9-16(10-8-13)21-18-15(12-19)11-14-5-3-6-17(14)20-18/h7-11H,2-6H2,1H3. The molecular weight excluding hydrogens is 260 g/mol. The second-order valence-corrected chi connectivity index (χ2v) is 5.41. The summed E-state index contributed by atoms with van der Waals surface area (Å²) >= 11 is 0. The van der Waals surface area contributed by atoms with Gasteiger partial charge in [0.2, 0.25) is 5.88 Å². The van der Waals surface area contributed by atoms with Gasteiger partial charge in [0.05, 0.1) is 0 Å². The number of nitriles is 1. The molecule has 3 rings (SSSR count). The van der Waals surface area contributed by atoms with Gasteiger partial charge in [-0.05, 0) is 55.0 Å². The predicted octanol–water partition coefficient (Wildman–Crippen LogP) is 4.19. The quantitative estimate of drug-likeness (QED) is 0.842. The highest BCUT2D eigenvalue weighted by Gasteiger charge is 2.17. The SMILES string of the molecule is CCCc1ccc(Oc2nc3c(cc2C#N)CCC3)cc1. The number of rotatable bonds is 4. The van der Waals surface area contributed by atoms with Crippen LogP contribution in [0, 0.1) is 11.3 Å². The van der Waals surface area contributed by atoms with E-state index in [4.69, 9.17) is 4.74 Å². The van der Waals surface area contributed by atoms with Crippen molar-refractivity contribution < 1.29 is 4.74 Å². The Morgan fingerprint density at radius 3 is 2.76 bits per heavy atom. The number of aryl methyl sites for hydroxylation is 3. The number of fused-ring (bicyclic) bond motifs is 1. The molecule has 1 aliphatic rings. The minimum absolute atomic E-state index is 0.432. The molecule has 1 aliphatic carbocycles. The smallest absolute Gasteiger partial charge is 0.237 e. The number of aromatic nitrogens is 1. The Morgan fingerprint density at radius 1 is 1.24 bits per heavy atom. The topological polar surface area (TPSA) is 45.9 Å². The zero-order valence-corrected chi connectivity index (χ0v) is 12.2. The number of hydrogen-bond donors (Lipinski definition) is 0. The van der Waals surface area contributed by atoms with Crippen LogP contribution in [0.5, 0.6) is 11.6 Å². The van der Waals surface area contributed by atoms with Crippen molar-refractivity contribution in [1.82, 2.24) is 4.98 Å². The van der Waals surface area contributed by atoms with Crippen LogP contribution in [0.3, 0.4) is 0 Å². The van der Waals surface area contributed by atoms with Crippen molar-refractivity contribution in [1.29, 1.82) is 5.26 Å². The van der Waals surface area contributed by atoms with Crippen LogP contribution in [0.2, 0.25) is 0 Å². The maximum absolute atomic E-state index is 9.27. The molecule has 0 unspecified atom stereocenters. The summed E-state index contributed by atoms with van der Waals surface area (Å²) in [5.41, 5.74) is 4.09. The van der Waals surface area contributed by atoms with Crippen LogP contribution in [0.15, 0.2) is 30.3 Å². The fourth-order valence-electron chi connectivity index (χ4n) is 2.74. The summed E-state index contributed by atoms with van der Waals surface area (Å²) in [6.07, 6.45) is 5.31. The summed E-state index contributed by atoms with van der Waals surface area (Å²) in [6, 6.07) is 12.1. The highest BCUT2D eigenvalue weighted by atomic mass is 16.5. The number of nitrogens with zero attached hydrogens (tertiary/aromatic N) is 2. The van der Waals surface area contributed by atoms with E-state index in [1.165, 1.54) is 11.1 Å². The van der Waals surface area contributed by atoms with E-state index in [1.54, 1.807) is 0 Å². The summed E-state index contributed by atoms with van der Waals surface area (Å²) < 4.78 is 5.83. The van der Waals surface area contributed by atoms with Gasteiger partial charge in [0.25, 0.3) is 0 Å². The van der Waals surface area contributed by atoms with E-state index in [0.717, 1.165) is 43.5 Å². The minimum Gasteiger partial charge on any atom is -0.438 e. The van der Waals surface area contributed by atoms with Crippen LogP contribution in [0.4, 0.5) is 0 Å². The Labute approximate surface area is 125 Å². The summed E-state index contributed by atoms with van der Waals surface area (Å²) in [5, 5.41) is 9.27. The molecule has 3 nitrogen and oxygen atoms in total. The Hall–Kier alpha value is -2.34. The van der Waals surface area contributed by atoms with Crippen molar-refractivity contribution in [3.05, 3.63) is 52.7 Å². The number of pyridine rings is 1. The summed E-state index contributed by atoms with van der Waals surface area (Å²) in [7, 11) is 0. The number of ether oxygens (including phenoxy) is 1. The van der Waals surface area contributed by atoms with Crippen LogP contribution in [-0.4, -0.2) is 4.98 Å². The Kier molecular flexibility index (Phi) is 3.87. The fourth-order valence-corrected chi connectivity index (χ4v) is 2.74. The molecule has 0 spiro atoms. The first-order valence-electron chi connectivity index (χ1n) is 7.50. The second-order valence-electron chi connectivity index (χ2n) is 5.41. The van der Waals surface area contributed by atoms with Crippen LogP contribution in [0.25, 0.3) is 0 Å². The molecule has 0 saturated heterocycles. The van der Waals surface area contributed by atoms with Gasteiger partial charge < -0.3 is 4.74 Å². The zero-order chi connectivity index (χ0) is 14.7. The van der Waals surface area contributed by atoms with Gasteiger partial charge >= 0.3 is 0 Å². The lowest BCUT2D eigenvalue weighted by molar-refractivity contribution is 0.459. The van der Waals surface area contributed by atoms with E-state index in [0.29, 0.717) is 11.4 Å². The van der Waals surface area contributed by atoms with Gasteiger partial charge in [-0.15, -0.1) is 0 Å². The van der Waals surface area contributed by atoms with Crippen LogP contribution in [0.1, 0.15) is 42.1 Å². The maximum atomic E-state index is 9.27. The monoisotopic (exact) mass is 278 g/mol. The van der Waals surface area contributed by atoms with E-state index >= 15 is 0 Å². The van der Waals surface area contributed by atoms with Crippen molar-refractivity contribution in [2.75, 3.05) is 0 Å². The van der Waals surface area contributed by atoms with Gasteiger partial charge in [-0.1, -0.05) is 25.5 Å². The third kappa shape index (κ3) is 2.90. The third-order valence-corrected chi connectivity index (χ3v) is 3.81. The maximum Gasteiger partial charge on any atom is 0.237 e. The molecule has 0 atom stereocenters. The van der Waals surface area contributed by atoms with E-state index in [9.17, 15) is 5.26 Å². The van der Waals surface area contributed by atoms with Crippen molar-refractivity contribution in [2.45, 2.75) is 39.0 Å². The Balaban J connectivity index is 1.86. The average Bonchev–Trinajstić information content (AvgIpc) is 2.96. The van der Waals surface area contributed by atoms with Crippen molar-refractivity contribution in [3.8, 4) is 17.7 Å². The molecule has 3 heteroatoms. The van der Waals surface area contributed by atoms with Gasteiger partial charge in [-0.25, -0.2) is 4.98 Å². The molecule has 1 aromatic carbocycles. The van der Waals surface area contributed by atoms with Crippen LogP contribution < -0.4 is 4.74 Å². The molecule has 0 aliphatic heterocycles. The first-order chi connectivity index (χ1) is 10.3. The number of hydrogen-bond acceptors (Lipinski definition) is 3. The van der Waals surface area contributed by atoms with E-state index in [-0.39, 0.29) is 0 Å². The van der Waals surface area contributed by atoms with Gasteiger partial charge in [0, 0.05) is 5.69 Å². The highest BCUT2D eigenvalue weighted by Crippen LogP contribution is 2.29. The predicted molar refractivity (Wildman–Crippen MR) is 81.5 cm³/mol. The summed E-state index contributed by atoms with van der Waals surface area (Å²) in [6.45, 7) is 2.16. The van der Waals surface area contributed by atoms with Gasteiger partial charge in [0.15, 0.2) is 0 Å². The molecule has 0 bridgehead atoms. The lowest BCUT2D eigenvalue weighted by Gasteiger charge is -2.09. The van der Waals surface area contributed by atoms with E-state index in [2.05, 4.69) is 30.1 Å². The van der Waals surface area contributed by atoms with E-state index in [1.807, 2.05) is 18.2 Å². The molecule has 1 heterocycles. The molecule has 0 amide bonds. The third-order valence-electron chi connectivity index (χ3n) is 3.81. The minimum atomic E-state index is 0.432. The number of benzene rings is 1. The lowest BCUT2D eigenvalue weighted by atomic mass is 10.1. The molecular formula is C18H18N2O. The molecule has 106 valence electrons. The van der Waals surface area contributed by atoms with Gasteiger partial charge in [-0.2, -0.15) is 5.26 Å². The Bertz CT molecular complexity index is 684. The summed E-state index contributed by atoms with van der Waals surface area (Å²) in [4.78, 5) is 4.53. The lowest BCUT2D eigenvalue weighted by Crippen LogP contribution is -1.97. The highest BCUT2D eigenvalue weighted by molar-refractivity contribution is 5.46. The summed E-state index contributed by atoms with van der Waals surface area (Å²) in [5.74, 6) is 1.16. The fraction of sp³-hybridized carbons (Fsp3) is 0.333. The molecule has 0 radical (unpaired) electrons. The van der Waals surface area contributed by atoms with Crippen molar-refractivity contribution in [2.24, 2.45) is 0 Å². The van der Waals surface area contributed by atoms with E-state index < -0.39 is 0 Å². The first kappa shape index (κ1) is 13.6. The molecule has 0 N–H and O–H groups in total. The van der Waals surface area contributed by atoms with Gasteiger partial charge in [-0.3, -0.25) is 0 Å². The van der Waals surface area contributed by atoms with Crippen LogP contribution >= 0.6 is 0 Å². The second kappa shape index (κ2) is 5.97. The zero-order valence-electron chi connectivity index (χ0n) is 12.2. The van der Waals surface area contributed by atoms with Gasteiger partial charge in [0.1, 0.15) is 17.4 Å². The largest absolute Gasteiger partial charge is 0.438 e.